The Hall–Kier alpha value is -3.73. The zero-order chi connectivity index (χ0) is 24.1. The Labute approximate surface area is 215 Å². The van der Waals surface area contributed by atoms with Crippen LogP contribution in [0, 0.1) is 10.1 Å². The van der Waals surface area contributed by atoms with Crippen molar-refractivity contribution in [2.45, 2.75) is 0 Å². The average Bonchev–Trinajstić information content (AvgIpc) is 2.83. The molecule has 0 aliphatic heterocycles. The van der Waals surface area contributed by atoms with Crippen molar-refractivity contribution in [1.29, 1.82) is 0 Å². The van der Waals surface area contributed by atoms with Gasteiger partial charge in [0.25, 0.3) is 11.2 Å². The smallest absolute Gasteiger partial charge is 0.287 e. The van der Waals surface area contributed by atoms with Crippen molar-refractivity contribution in [2.75, 3.05) is 23.3 Å². The molecule has 1 N–H and O–H groups in total. The molecule has 0 amide bonds. The predicted octanol–water partition coefficient (Wildman–Crippen LogP) is 4.91. The molecule has 180 valence electrons. The molecule has 0 saturated heterocycles. The largest absolute Gasteiger partial charge is 0.352 e. The minimum absolute atomic E-state index is 0. The van der Waals surface area contributed by atoms with Gasteiger partial charge in [-0.1, -0.05) is 29.3 Å². The van der Waals surface area contributed by atoms with Gasteiger partial charge in [0, 0.05) is 36.4 Å². The Bertz CT molecular complexity index is 1370. The van der Waals surface area contributed by atoms with Crippen LogP contribution in [0.1, 0.15) is 0 Å². The van der Waals surface area contributed by atoms with Crippen LogP contribution in [0.2, 0.25) is 10.0 Å². The summed E-state index contributed by atoms with van der Waals surface area (Å²) >= 11 is 12.4. The second-order valence-corrected chi connectivity index (χ2v) is 7.82. The van der Waals surface area contributed by atoms with E-state index in [1.165, 1.54) is 22.9 Å². The molecule has 0 aliphatic rings. The summed E-state index contributed by atoms with van der Waals surface area (Å²) in [5.74, 6) is 0.836. The standard InChI is InChI=1S/C22H17Cl2N7O3.ClH/c23-15-4-6-19(18(24)11-15)30(20-7-5-16(12-26-20)31(33)34)10-8-25-22-27-13-17(14-28-22)29-9-2-1-3-21(29)32;/h1-7,9,11-14H,8,10H2,(H,25,27,28);1H. The van der Waals surface area contributed by atoms with Crippen LogP contribution in [-0.4, -0.2) is 37.5 Å². The molecule has 0 radical (unpaired) electrons. The highest BCUT2D eigenvalue weighted by atomic mass is 35.5. The summed E-state index contributed by atoms with van der Waals surface area (Å²) in [6.45, 7) is 0.775. The van der Waals surface area contributed by atoms with E-state index in [1.54, 1.807) is 59.9 Å². The summed E-state index contributed by atoms with van der Waals surface area (Å²) in [7, 11) is 0. The van der Waals surface area contributed by atoms with Gasteiger partial charge in [0.15, 0.2) is 0 Å². The third-order valence-electron chi connectivity index (χ3n) is 4.78. The number of pyridine rings is 2. The number of hydrogen-bond donors (Lipinski definition) is 1. The predicted molar refractivity (Wildman–Crippen MR) is 138 cm³/mol. The first kappa shape index (κ1) is 25.9. The van der Waals surface area contributed by atoms with E-state index in [9.17, 15) is 14.9 Å². The SMILES string of the molecule is Cl.O=c1ccccn1-c1cnc(NCCN(c2ccc([N+](=O)[O-])cn2)c2ccc(Cl)cc2Cl)nc1. The fraction of sp³-hybridized carbons (Fsp3) is 0.0909. The van der Waals surface area contributed by atoms with Crippen molar-refractivity contribution < 1.29 is 4.92 Å². The van der Waals surface area contributed by atoms with E-state index in [4.69, 9.17) is 23.2 Å². The van der Waals surface area contributed by atoms with Crippen molar-refractivity contribution in [1.82, 2.24) is 19.5 Å². The lowest BCUT2D eigenvalue weighted by atomic mass is 10.2. The molecule has 4 aromatic rings. The number of aromatic nitrogens is 4. The van der Waals surface area contributed by atoms with Gasteiger partial charge in [-0.3, -0.25) is 19.5 Å². The molecule has 4 rings (SSSR count). The number of hydrogen-bond acceptors (Lipinski definition) is 8. The second kappa shape index (κ2) is 11.6. The van der Waals surface area contributed by atoms with Crippen LogP contribution < -0.4 is 15.8 Å². The van der Waals surface area contributed by atoms with Crippen LogP contribution in [0.25, 0.3) is 5.69 Å². The zero-order valence-corrected chi connectivity index (χ0v) is 20.2. The van der Waals surface area contributed by atoms with E-state index >= 15 is 0 Å². The highest BCUT2D eigenvalue weighted by molar-refractivity contribution is 6.36. The molecule has 10 nitrogen and oxygen atoms in total. The first-order valence-corrected chi connectivity index (χ1v) is 10.7. The Morgan fingerprint density at radius 3 is 2.43 bits per heavy atom. The highest BCUT2D eigenvalue weighted by Crippen LogP contribution is 2.33. The van der Waals surface area contributed by atoms with Gasteiger partial charge in [-0.15, -0.1) is 12.4 Å². The second-order valence-electron chi connectivity index (χ2n) is 6.98. The van der Waals surface area contributed by atoms with Crippen molar-refractivity contribution in [3.8, 4) is 5.69 Å². The van der Waals surface area contributed by atoms with Crippen LogP contribution in [0.3, 0.4) is 0 Å². The van der Waals surface area contributed by atoms with Crippen LogP contribution in [0.5, 0.6) is 0 Å². The average molecular weight is 535 g/mol. The van der Waals surface area contributed by atoms with Gasteiger partial charge in [0.1, 0.15) is 12.0 Å². The number of nitrogens with one attached hydrogen (secondary N) is 1. The van der Waals surface area contributed by atoms with E-state index in [0.29, 0.717) is 46.3 Å². The van der Waals surface area contributed by atoms with Gasteiger partial charge in [0.2, 0.25) is 5.95 Å². The fourth-order valence-corrected chi connectivity index (χ4v) is 3.67. The van der Waals surface area contributed by atoms with Crippen molar-refractivity contribution >= 4 is 58.7 Å². The third kappa shape index (κ3) is 6.24. The molecule has 0 saturated carbocycles. The lowest BCUT2D eigenvalue weighted by molar-refractivity contribution is -0.385. The number of benzene rings is 1. The van der Waals surface area contributed by atoms with Gasteiger partial charge in [-0.2, -0.15) is 0 Å². The Kier molecular flexibility index (Phi) is 8.58. The minimum atomic E-state index is -0.511. The molecule has 1 aromatic carbocycles. The molecule has 0 bridgehead atoms. The number of halogens is 3. The van der Waals surface area contributed by atoms with Crippen molar-refractivity contribution in [2.24, 2.45) is 0 Å². The summed E-state index contributed by atoms with van der Waals surface area (Å²) in [4.78, 5) is 37.0. The van der Waals surface area contributed by atoms with Crippen molar-refractivity contribution in [3.63, 3.8) is 0 Å². The van der Waals surface area contributed by atoms with Gasteiger partial charge in [-0.05, 0) is 30.3 Å². The normalized spacial score (nSPS) is 10.3. The number of nitro groups is 1. The highest BCUT2D eigenvalue weighted by Gasteiger charge is 2.16. The summed E-state index contributed by atoms with van der Waals surface area (Å²) in [5, 5.41) is 15.0. The lowest BCUT2D eigenvalue weighted by Gasteiger charge is -2.25. The summed E-state index contributed by atoms with van der Waals surface area (Å²) < 4.78 is 1.44. The summed E-state index contributed by atoms with van der Waals surface area (Å²) in [5.41, 5.74) is 0.877. The molecular weight excluding hydrogens is 517 g/mol. The van der Waals surface area contributed by atoms with Crippen LogP contribution in [-0.2, 0) is 0 Å². The van der Waals surface area contributed by atoms with Crippen LogP contribution >= 0.6 is 35.6 Å². The van der Waals surface area contributed by atoms with Crippen LogP contribution in [0.4, 0.5) is 23.1 Å². The maximum absolute atomic E-state index is 12.0. The molecule has 0 aliphatic carbocycles. The zero-order valence-electron chi connectivity index (χ0n) is 17.9. The molecule has 0 unspecified atom stereocenters. The molecule has 3 aromatic heterocycles. The maximum atomic E-state index is 12.0. The van der Waals surface area contributed by atoms with E-state index in [0.717, 1.165) is 0 Å². The molecule has 0 spiro atoms. The van der Waals surface area contributed by atoms with E-state index < -0.39 is 4.92 Å². The van der Waals surface area contributed by atoms with E-state index in [-0.39, 0.29) is 23.7 Å². The molecule has 0 atom stereocenters. The Balaban J connectivity index is 0.00000342. The molecule has 0 fully saturated rings. The fourth-order valence-electron chi connectivity index (χ4n) is 3.16. The number of nitrogens with zero attached hydrogens (tertiary/aromatic N) is 6. The Morgan fingerprint density at radius 2 is 1.80 bits per heavy atom. The molecule has 13 heteroatoms. The van der Waals surface area contributed by atoms with Gasteiger partial charge in [0.05, 0.1) is 33.7 Å². The quantitative estimate of drug-likeness (QED) is 0.250. The topological polar surface area (TPSA) is 119 Å². The van der Waals surface area contributed by atoms with Gasteiger partial charge in [-0.25, -0.2) is 15.0 Å². The lowest BCUT2D eigenvalue weighted by Crippen LogP contribution is -2.26. The van der Waals surface area contributed by atoms with Crippen LogP contribution in [0.15, 0.2) is 78.1 Å². The molecule has 35 heavy (non-hydrogen) atoms. The number of rotatable bonds is 8. The third-order valence-corrected chi connectivity index (χ3v) is 5.32. The first-order chi connectivity index (χ1) is 16.4. The van der Waals surface area contributed by atoms with Gasteiger partial charge < -0.3 is 10.2 Å². The van der Waals surface area contributed by atoms with E-state index in [1.807, 2.05) is 0 Å². The van der Waals surface area contributed by atoms with E-state index in [2.05, 4.69) is 20.3 Å². The maximum Gasteiger partial charge on any atom is 0.287 e. The summed E-state index contributed by atoms with van der Waals surface area (Å²) in [6.07, 6.45) is 5.91. The molecule has 3 heterocycles. The Morgan fingerprint density at radius 1 is 1.03 bits per heavy atom. The summed E-state index contributed by atoms with van der Waals surface area (Å²) in [6, 6.07) is 12.8. The van der Waals surface area contributed by atoms with Crippen molar-refractivity contribution in [3.05, 3.63) is 104 Å². The minimum Gasteiger partial charge on any atom is -0.352 e. The molecular formula is C22H18Cl3N7O3. The first-order valence-electron chi connectivity index (χ1n) is 9.99. The monoisotopic (exact) mass is 533 g/mol. The van der Waals surface area contributed by atoms with Gasteiger partial charge >= 0.3 is 0 Å². The number of anilines is 3.